The number of nitrogens with zero attached hydrogens (tertiary/aromatic N) is 2. The number of sulfonamides is 1. The first-order valence-electron chi connectivity index (χ1n) is 7.62. The normalized spacial score (nSPS) is 24.7. The topological polar surface area (TPSA) is 69.7 Å². The number of amides is 2. The van der Waals surface area contributed by atoms with Crippen molar-refractivity contribution < 1.29 is 17.6 Å². The van der Waals surface area contributed by atoms with E-state index >= 15 is 0 Å². The predicted octanol–water partition coefficient (Wildman–Crippen LogP) is 1.14. The summed E-state index contributed by atoms with van der Waals surface area (Å²) in [7, 11) is -3.23. The largest absolute Gasteiger partial charge is 0.334 e. The second-order valence-corrected chi connectivity index (χ2v) is 8.00. The minimum Gasteiger partial charge on any atom is -0.334 e. The number of hydrogen-bond donors (Lipinski definition) is 1. The molecule has 2 aliphatic heterocycles. The van der Waals surface area contributed by atoms with Crippen LogP contribution in [0, 0.1) is 5.82 Å². The summed E-state index contributed by atoms with van der Waals surface area (Å²) in [6.07, 6.45) is 2.53. The highest BCUT2D eigenvalue weighted by molar-refractivity contribution is 7.88. The van der Waals surface area contributed by atoms with Gasteiger partial charge in [-0.25, -0.2) is 17.6 Å². The summed E-state index contributed by atoms with van der Waals surface area (Å²) < 4.78 is 38.2. The fourth-order valence-corrected chi connectivity index (χ4v) is 4.71. The molecule has 0 spiro atoms. The molecule has 0 aliphatic carbocycles. The van der Waals surface area contributed by atoms with Gasteiger partial charge in [-0.1, -0.05) is 12.1 Å². The number of rotatable bonds is 3. The first kappa shape index (κ1) is 16.2. The Kier molecular flexibility index (Phi) is 4.29. The van der Waals surface area contributed by atoms with Crippen LogP contribution in [0.1, 0.15) is 18.4 Å². The molecular formula is C15H20FN3O3S. The van der Waals surface area contributed by atoms with E-state index in [0.29, 0.717) is 31.5 Å². The molecule has 3 rings (SSSR count). The van der Waals surface area contributed by atoms with E-state index in [-0.39, 0.29) is 30.5 Å². The Balaban J connectivity index is 1.61. The number of carbonyl (C=O) groups is 1. The molecule has 126 valence electrons. The molecule has 2 atom stereocenters. The van der Waals surface area contributed by atoms with Gasteiger partial charge in [0.05, 0.1) is 12.3 Å². The number of nitrogens with one attached hydrogen (secondary N) is 1. The first-order valence-corrected chi connectivity index (χ1v) is 9.47. The van der Waals surface area contributed by atoms with Crippen molar-refractivity contribution >= 4 is 16.1 Å². The molecule has 2 amide bonds. The number of likely N-dealkylation sites (tertiary alicyclic amines) is 1. The third-order valence-electron chi connectivity index (χ3n) is 4.55. The van der Waals surface area contributed by atoms with Crippen molar-refractivity contribution in [1.82, 2.24) is 14.5 Å². The summed E-state index contributed by atoms with van der Waals surface area (Å²) in [5, 5.41) is 2.79. The molecule has 2 fully saturated rings. The summed E-state index contributed by atoms with van der Waals surface area (Å²) in [6, 6.07) is 5.67. The van der Waals surface area contributed by atoms with Crippen molar-refractivity contribution in [2.75, 3.05) is 19.3 Å². The van der Waals surface area contributed by atoms with Crippen molar-refractivity contribution in [3.05, 3.63) is 35.6 Å². The number of carbonyl (C=O) groups excluding carboxylic acids is 1. The van der Waals surface area contributed by atoms with Crippen LogP contribution in [0.25, 0.3) is 0 Å². The monoisotopic (exact) mass is 341 g/mol. The van der Waals surface area contributed by atoms with Gasteiger partial charge in [0.1, 0.15) is 5.82 Å². The summed E-state index contributed by atoms with van der Waals surface area (Å²) >= 11 is 0. The second-order valence-electron chi connectivity index (χ2n) is 6.07. The molecule has 2 saturated heterocycles. The standard InChI is InChI=1S/C15H20FN3O3S/c1-23(21,22)19-8-6-13-14(19)5-7-18(13)15(20)17-10-11-3-2-4-12(16)9-11/h2-4,9,13-14H,5-8,10H2,1H3,(H,17,20)/t13-,14+/m1/s1. The molecule has 0 bridgehead atoms. The van der Waals surface area contributed by atoms with Gasteiger partial charge in [0.2, 0.25) is 10.0 Å². The van der Waals surface area contributed by atoms with Crippen molar-refractivity contribution in [3.63, 3.8) is 0 Å². The van der Waals surface area contributed by atoms with Crippen LogP contribution in [0.2, 0.25) is 0 Å². The molecule has 0 saturated carbocycles. The molecule has 1 N–H and O–H groups in total. The van der Waals surface area contributed by atoms with Crippen molar-refractivity contribution in [2.45, 2.75) is 31.5 Å². The SMILES string of the molecule is CS(=O)(=O)N1CC[C@@H]2[C@@H]1CCN2C(=O)NCc1cccc(F)c1. The maximum absolute atomic E-state index is 13.1. The Morgan fingerprint density at radius 1 is 1.30 bits per heavy atom. The zero-order valence-corrected chi connectivity index (χ0v) is 13.7. The van der Waals surface area contributed by atoms with Crippen LogP contribution in [0.5, 0.6) is 0 Å². The van der Waals surface area contributed by atoms with E-state index in [1.165, 1.54) is 22.7 Å². The summed E-state index contributed by atoms with van der Waals surface area (Å²) in [6.45, 7) is 1.25. The lowest BCUT2D eigenvalue weighted by atomic mass is 10.1. The molecule has 23 heavy (non-hydrogen) atoms. The highest BCUT2D eigenvalue weighted by atomic mass is 32.2. The quantitative estimate of drug-likeness (QED) is 0.896. The summed E-state index contributed by atoms with van der Waals surface area (Å²) in [5.41, 5.74) is 0.693. The van der Waals surface area contributed by atoms with Crippen molar-refractivity contribution in [3.8, 4) is 0 Å². The molecule has 0 unspecified atom stereocenters. The number of urea groups is 1. The Morgan fingerprint density at radius 2 is 2.04 bits per heavy atom. The van der Waals surface area contributed by atoms with E-state index in [2.05, 4.69) is 5.32 Å². The van der Waals surface area contributed by atoms with Crippen LogP contribution in [-0.2, 0) is 16.6 Å². The lowest BCUT2D eigenvalue weighted by Gasteiger charge is -2.25. The van der Waals surface area contributed by atoms with Crippen LogP contribution in [-0.4, -0.2) is 55.1 Å². The Labute approximate surface area is 135 Å². The van der Waals surface area contributed by atoms with Crippen molar-refractivity contribution in [2.24, 2.45) is 0 Å². The van der Waals surface area contributed by atoms with E-state index in [9.17, 15) is 17.6 Å². The maximum atomic E-state index is 13.1. The smallest absolute Gasteiger partial charge is 0.317 e. The lowest BCUT2D eigenvalue weighted by Crippen LogP contribution is -2.45. The predicted molar refractivity (Wildman–Crippen MR) is 83.7 cm³/mol. The highest BCUT2D eigenvalue weighted by Gasteiger charge is 2.47. The van der Waals surface area contributed by atoms with Gasteiger partial charge < -0.3 is 10.2 Å². The van der Waals surface area contributed by atoms with Crippen LogP contribution < -0.4 is 5.32 Å². The average molecular weight is 341 g/mol. The molecule has 1 aromatic carbocycles. The molecule has 1 aromatic rings. The zero-order chi connectivity index (χ0) is 16.6. The molecule has 0 aromatic heterocycles. The fraction of sp³-hybridized carbons (Fsp3) is 0.533. The molecular weight excluding hydrogens is 321 g/mol. The number of hydrogen-bond acceptors (Lipinski definition) is 3. The van der Waals surface area contributed by atoms with Crippen LogP contribution >= 0.6 is 0 Å². The lowest BCUT2D eigenvalue weighted by molar-refractivity contribution is 0.191. The number of halogens is 1. The van der Waals surface area contributed by atoms with Gasteiger partial charge in [0, 0.05) is 25.7 Å². The minimum absolute atomic E-state index is 0.0720. The Morgan fingerprint density at radius 3 is 2.74 bits per heavy atom. The van der Waals surface area contributed by atoms with E-state index in [4.69, 9.17) is 0 Å². The third kappa shape index (κ3) is 3.32. The third-order valence-corrected chi connectivity index (χ3v) is 5.85. The van der Waals surface area contributed by atoms with Crippen LogP contribution in [0.4, 0.5) is 9.18 Å². The van der Waals surface area contributed by atoms with Gasteiger partial charge in [-0.15, -0.1) is 0 Å². The van der Waals surface area contributed by atoms with Crippen LogP contribution in [0.3, 0.4) is 0 Å². The molecule has 2 heterocycles. The molecule has 8 heteroatoms. The van der Waals surface area contributed by atoms with E-state index in [1.807, 2.05) is 0 Å². The van der Waals surface area contributed by atoms with E-state index < -0.39 is 10.0 Å². The first-order chi connectivity index (χ1) is 10.9. The maximum Gasteiger partial charge on any atom is 0.317 e. The van der Waals surface area contributed by atoms with Crippen molar-refractivity contribution in [1.29, 1.82) is 0 Å². The summed E-state index contributed by atoms with van der Waals surface area (Å²) in [4.78, 5) is 14.1. The molecule has 6 nitrogen and oxygen atoms in total. The van der Waals surface area contributed by atoms with Gasteiger partial charge in [0.15, 0.2) is 0 Å². The average Bonchev–Trinajstić information content (AvgIpc) is 3.05. The van der Waals surface area contributed by atoms with Gasteiger partial charge >= 0.3 is 6.03 Å². The highest BCUT2D eigenvalue weighted by Crippen LogP contribution is 2.33. The second kappa shape index (κ2) is 6.09. The van der Waals surface area contributed by atoms with Gasteiger partial charge in [-0.2, -0.15) is 4.31 Å². The molecule has 2 aliphatic rings. The van der Waals surface area contributed by atoms with Gasteiger partial charge in [-0.05, 0) is 30.5 Å². The Hall–Kier alpha value is -1.67. The zero-order valence-electron chi connectivity index (χ0n) is 12.9. The Bertz CT molecular complexity index is 710. The number of benzene rings is 1. The van der Waals surface area contributed by atoms with E-state index in [0.717, 1.165) is 0 Å². The molecule has 0 radical (unpaired) electrons. The van der Waals surface area contributed by atoms with Gasteiger partial charge in [-0.3, -0.25) is 0 Å². The number of fused-ring (bicyclic) bond motifs is 1. The van der Waals surface area contributed by atoms with Gasteiger partial charge in [0.25, 0.3) is 0 Å². The fourth-order valence-electron chi connectivity index (χ4n) is 3.54. The minimum atomic E-state index is -3.23. The van der Waals surface area contributed by atoms with E-state index in [1.54, 1.807) is 17.0 Å². The van der Waals surface area contributed by atoms with Crippen LogP contribution in [0.15, 0.2) is 24.3 Å². The summed E-state index contributed by atoms with van der Waals surface area (Å²) in [5.74, 6) is -0.336.